The number of nitrogens with one attached hydrogen (secondary N) is 1. The monoisotopic (exact) mass is 386 g/mol. The Morgan fingerprint density at radius 3 is 2.67 bits per heavy atom. The highest BCUT2D eigenvalue weighted by Crippen LogP contribution is 2.21. The fraction of sp³-hybridized carbons (Fsp3) is 0.263. The second kappa shape index (κ2) is 7.71. The van der Waals surface area contributed by atoms with Crippen molar-refractivity contribution in [2.75, 3.05) is 13.2 Å². The third-order valence-corrected chi connectivity index (χ3v) is 4.89. The Labute approximate surface area is 159 Å². The van der Waals surface area contributed by atoms with E-state index in [-0.39, 0.29) is 12.3 Å². The number of fused-ring (bicyclic) bond motifs is 1. The molecule has 8 heteroatoms. The number of hydrogen-bond donors (Lipinski definition) is 1. The quantitative estimate of drug-likeness (QED) is 0.515. The summed E-state index contributed by atoms with van der Waals surface area (Å²) in [6.45, 7) is 4.87. The first-order valence-electron chi connectivity index (χ1n) is 8.32. The molecule has 1 aromatic carbocycles. The van der Waals surface area contributed by atoms with E-state index in [0.29, 0.717) is 22.4 Å². The number of aromatic amines is 1. The van der Waals surface area contributed by atoms with Crippen molar-refractivity contribution in [3.63, 3.8) is 0 Å². The minimum atomic E-state index is -0.592. The van der Waals surface area contributed by atoms with Crippen molar-refractivity contribution < 1.29 is 23.9 Å². The number of carbonyl (C=O) groups excluding carboxylic acids is 3. The number of carbonyl (C=O) groups is 3. The van der Waals surface area contributed by atoms with Gasteiger partial charge in [-0.25, -0.2) is 14.6 Å². The first-order valence-corrected chi connectivity index (χ1v) is 9.20. The van der Waals surface area contributed by atoms with Gasteiger partial charge in [0.2, 0.25) is 5.78 Å². The van der Waals surface area contributed by atoms with Gasteiger partial charge >= 0.3 is 11.9 Å². The molecule has 0 bridgehead atoms. The van der Waals surface area contributed by atoms with Gasteiger partial charge in [0.05, 0.1) is 39.2 Å². The van der Waals surface area contributed by atoms with Gasteiger partial charge < -0.3 is 14.5 Å². The van der Waals surface area contributed by atoms with E-state index in [0.717, 1.165) is 10.2 Å². The average Bonchev–Trinajstić information content (AvgIpc) is 3.22. The first kappa shape index (κ1) is 18.8. The number of rotatable bonds is 6. The molecular weight excluding hydrogens is 368 g/mol. The lowest BCUT2D eigenvalue weighted by Crippen LogP contribution is -2.15. The zero-order chi connectivity index (χ0) is 19.6. The van der Waals surface area contributed by atoms with Crippen molar-refractivity contribution >= 4 is 39.3 Å². The van der Waals surface area contributed by atoms with Crippen LogP contribution in [0.3, 0.4) is 0 Å². The minimum Gasteiger partial charge on any atom is -0.462 e. The summed E-state index contributed by atoms with van der Waals surface area (Å²) >= 11 is 1.42. The molecule has 0 spiro atoms. The Morgan fingerprint density at radius 2 is 1.93 bits per heavy atom. The van der Waals surface area contributed by atoms with Gasteiger partial charge in [0.1, 0.15) is 0 Å². The maximum absolute atomic E-state index is 12.4. The average molecular weight is 386 g/mol. The summed E-state index contributed by atoms with van der Waals surface area (Å²) in [6, 6.07) is 5.02. The Morgan fingerprint density at radius 1 is 1.15 bits per heavy atom. The van der Waals surface area contributed by atoms with Crippen molar-refractivity contribution in [3.8, 4) is 0 Å². The fourth-order valence-electron chi connectivity index (χ4n) is 2.81. The number of aromatic nitrogens is 2. The van der Waals surface area contributed by atoms with E-state index in [1.165, 1.54) is 11.3 Å². The predicted octanol–water partition coefficient (Wildman–Crippen LogP) is 3.46. The topological polar surface area (TPSA) is 98.4 Å². The van der Waals surface area contributed by atoms with Gasteiger partial charge in [-0.05, 0) is 44.5 Å². The van der Waals surface area contributed by atoms with E-state index >= 15 is 0 Å². The molecule has 0 unspecified atom stereocenters. The van der Waals surface area contributed by atoms with Crippen LogP contribution in [0.5, 0.6) is 0 Å². The van der Waals surface area contributed by atoms with Crippen molar-refractivity contribution in [3.05, 3.63) is 51.8 Å². The van der Waals surface area contributed by atoms with Crippen LogP contribution >= 0.6 is 11.3 Å². The molecule has 0 saturated heterocycles. The van der Waals surface area contributed by atoms with Crippen molar-refractivity contribution in [1.29, 1.82) is 0 Å². The molecule has 0 radical (unpaired) electrons. The van der Waals surface area contributed by atoms with Crippen LogP contribution < -0.4 is 0 Å². The summed E-state index contributed by atoms with van der Waals surface area (Å²) in [7, 11) is 0. The molecule has 0 fully saturated rings. The molecular formula is C19H18N2O5S. The van der Waals surface area contributed by atoms with Crippen LogP contribution in [0.2, 0.25) is 0 Å². The maximum Gasteiger partial charge on any atom is 0.340 e. The van der Waals surface area contributed by atoms with E-state index in [1.54, 1.807) is 44.5 Å². The number of ketones is 1. The summed E-state index contributed by atoms with van der Waals surface area (Å²) in [5.74, 6) is -1.50. The molecule has 1 N–H and O–H groups in total. The molecule has 7 nitrogen and oxygen atoms in total. The second-order valence-electron chi connectivity index (χ2n) is 5.88. The Kier molecular flexibility index (Phi) is 5.36. The number of nitrogens with zero attached hydrogens (tertiary/aromatic N) is 1. The molecule has 0 aliphatic carbocycles. The number of hydrogen-bond acceptors (Lipinski definition) is 7. The largest absolute Gasteiger partial charge is 0.462 e. The van der Waals surface area contributed by atoms with Gasteiger partial charge in [0.15, 0.2) is 6.61 Å². The zero-order valence-corrected chi connectivity index (χ0v) is 15.9. The van der Waals surface area contributed by atoms with E-state index in [2.05, 4.69) is 9.97 Å². The normalized spacial score (nSPS) is 10.8. The maximum atomic E-state index is 12.4. The summed E-state index contributed by atoms with van der Waals surface area (Å²) in [6.07, 6.45) is 0. The highest BCUT2D eigenvalue weighted by molar-refractivity contribution is 7.16. The number of ether oxygens (including phenoxy) is 2. The molecule has 3 aromatic rings. The second-order valence-corrected chi connectivity index (χ2v) is 6.77. The lowest BCUT2D eigenvalue weighted by Gasteiger charge is -2.05. The Balaban J connectivity index is 1.71. The number of esters is 2. The third-order valence-electron chi connectivity index (χ3n) is 4.10. The molecule has 0 aliphatic heterocycles. The Hall–Kier alpha value is -3.00. The highest BCUT2D eigenvalue weighted by Gasteiger charge is 2.23. The third kappa shape index (κ3) is 3.75. The van der Waals surface area contributed by atoms with Gasteiger partial charge in [-0.3, -0.25) is 4.79 Å². The molecule has 0 aliphatic rings. The molecule has 140 valence electrons. The standard InChI is InChI=1S/C19H18N2O5S/c1-4-25-19(24)16-10(2)17(21-11(16)3)14(22)8-26-18(23)12-5-6-13-15(7-12)27-9-20-13/h5-7,9,21H,4,8H2,1-3H3. The number of thiazole rings is 1. The Bertz CT molecular complexity index is 1030. The lowest BCUT2D eigenvalue weighted by molar-refractivity contribution is 0.0472. The molecule has 0 amide bonds. The SMILES string of the molecule is CCOC(=O)c1c(C)[nH]c(C(=O)COC(=O)c2ccc3ncsc3c2)c1C. The lowest BCUT2D eigenvalue weighted by atomic mass is 10.1. The molecule has 2 aromatic heterocycles. The van der Waals surface area contributed by atoms with Gasteiger partial charge in [-0.1, -0.05) is 0 Å². The molecule has 27 heavy (non-hydrogen) atoms. The number of benzene rings is 1. The van der Waals surface area contributed by atoms with Crippen LogP contribution in [0.15, 0.2) is 23.7 Å². The summed E-state index contributed by atoms with van der Waals surface area (Å²) < 4.78 is 11.0. The summed E-state index contributed by atoms with van der Waals surface area (Å²) in [5.41, 5.74) is 4.45. The molecule has 0 atom stereocenters. The van der Waals surface area contributed by atoms with Gasteiger partial charge in [0.25, 0.3) is 0 Å². The predicted molar refractivity (Wildman–Crippen MR) is 100 cm³/mol. The van der Waals surface area contributed by atoms with Crippen molar-refractivity contribution in [2.45, 2.75) is 20.8 Å². The number of Topliss-reactive ketones (excluding diaryl/α,β-unsaturated/α-hetero) is 1. The minimum absolute atomic E-state index is 0.237. The number of aryl methyl sites for hydroxylation is 1. The van der Waals surface area contributed by atoms with Crippen LogP contribution in [-0.2, 0) is 9.47 Å². The summed E-state index contributed by atoms with van der Waals surface area (Å²) in [5, 5.41) is 0. The van der Waals surface area contributed by atoms with E-state index in [1.807, 2.05) is 0 Å². The summed E-state index contributed by atoms with van der Waals surface area (Å²) in [4.78, 5) is 43.7. The first-order chi connectivity index (χ1) is 12.9. The number of H-pyrrole nitrogens is 1. The molecule has 3 rings (SSSR count). The van der Waals surface area contributed by atoms with E-state index < -0.39 is 24.3 Å². The van der Waals surface area contributed by atoms with Crippen LogP contribution in [0.1, 0.15) is 49.4 Å². The molecule has 0 saturated carbocycles. The van der Waals surface area contributed by atoms with Crippen LogP contribution in [-0.4, -0.2) is 40.9 Å². The fourth-order valence-corrected chi connectivity index (χ4v) is 3.52. The van der Waals surface area contributed by atoms with Crippen molar-refractivity contribution in [1.82, 2.24) is 9.97 Å². The van der Waals surface area contributed by atoms with E-state index in [9.17, 15) is 14.4 Å². The van der Waals surface area contributed by atoms with Crippen molar-refractivity contribution in [2.24, 2.45) is 0 Å². The highest BCUT2D eigenvalue weighted by atomic mass is 32.1. The van der Waals surface area contributed by atoms with Crippen LogP contribution in [0.25, 0.3) is 10.2 Å². The van der Waals surface area contributed by atoms with Crippen LogP contribution in [0.4, 0.5) is 0 Å². The molecule has 2 heterocycles. The van der Waals surface area contributed by atoms with Gasteiger partial charge in [-0.15, -0.1) is 11.3 Å². The van der Waals surface area contributed by atoms with Gasteiger partial charge in [0, 0.05) is 5.69 Å². The smallest absolute Gasteiger partial charge is 0.340 e. The zero-order valence-electron chi connectivity index (χ0n) is 15.1. The van der Waals surface area contributed by atoms with E-state index in [4.69, 9.17) is 9.47 Å². The van der Waals surface area contributed by atoms with Gasteiger partial charge in [-0.2, -0.15) is 0 Å². The van der Waals surface area contributed by atoms with Crippen LogP contribution in [0, 0.1) is 13.8 Å².